The van der Waals surface area contributed by atoms with Crippen molar-refractivity contribution in [2.24, 2.45) is 0 Å². The molecule has 0 aromatic heterocycles. The molecule has 0 fully saturated rings. The lowest BCUT2D eigenvalue weighted by molar-refractivity contribution is 0.291. The molecule has 0 saturated heterocycles. The van der Waals surface area contributed by atoms with Crippen molar-refractivity contribution in [3.05, 3.63) is 96.6 Å². The van der Waals surface area contributed by atoms with Crippen LogP contribution in [-0.2, 0) is 4.57 Å². The molecule has 136 valence electrons. The highest BCUT2D eigenvalue weighted by molar-refractivity contribution is 7.48. The van der Waals surface area contributed by atoms with Crippen LogP contribution in [0, 0.1) is 0 Å². The van der Waals surface area contributed by atoms with Crippen molar-refractivity contribution in [2.75, 3.05) is 0 Å². The Kier molecular flexibility index (Phi) is 7.46. The second-order valence-corrected chi connectivity index (χ2v) is 7.14. The highest BCUT2D eigenvalue weighted by Gasteiger charge is 2.24. The lowest BCUT2D eigenvalue weighted by atomic mass is 10.0. The number of benzene rings is 3. The quantitative estimate of drug-likeness (QED) is 0.555. The zero-order valence-electron chi connectivity index (χ0n) is 14.9. The SMILES string of the molecule is CC(C)c1ccccc1.O=P(O)(Oc1ccccc1)Oc1ccccc1. The summed E-state index contributed by atoms with van der Waals surface area (Å²) in [6.45, 7) is 4.41. The van der Waals surface area contributed by atoms with E-state index in [0.717, 1.165) is 0 Å². The van der Waals surface area contributed by atoms with E-state index in [1.165, 1.54) is 5.56 Å². The molecule has 4 nitrogen and oxygen atoms in total. The van der Waals surface area contributed by atoms with Gasteiger partial charge in [0.1, 0.15) is 11.5 Å². The third kappa shape index (κ3) is 7.14. The van der Waals surface area contributed by atoms with E-state index in [1.807, 2.05) is 6.07 Å². The maximum Gasteiger partial charge on any atom is 0.584 e. The molecule has 3 aromatic rings. The molecule has 0 aliphatic rings. The summed E-state index contributed by atoms with van der Waals surface area (Å²) in [6, 6.07) is 27.2. The Bertz CT molecular complexity index is 760. The van der Waals surface area contributed by atoms with Crippen LogP contribution in [0.2, 0.25) is 0 Å². The molecule has 0 unspecified atom stereocenters. The molecule has 0 atom stereocenters. The van der Waals surface area contributed by atoms with E-state index in [2.05, 4.69) is 38.1 Å². The molecule has 3 aromatic carbocycles. The normalized spacial score (nSPS) is 10.6. The van der Waals surface area contributed by atoms with Crippen LogP contribution in [0.15, 0.2) is 91.0 Å². The summed E-state index contributed by atoms with van der Waals surface area (Å²) in [5.74, 6) is 1.23. The number of rotatable bonds is 5. The van der Waals surface area contributed by atoms with Crippen LogP contribution in [0.1, 0.15) is 25.3 Å². The van der Waals surface area contributed by atoms with E-state index in [9.17, 15) is 9.46 Å². The van der Waals surface area contributed by atoms with Crippen LogP contribution < -0.4 is 9.05 Å². The Morgan fingerprint density at radius 1 is 0.692 bits per heavy atom. The molecule has 0 radical (unpaired) electrons. The molecule has 5 heteroatoms. The third-order valence-corrected chi connectivity index (χ3v) is 4.28. The number of para-hydroxylation sites is 2. The average molecular weight is 370 g/mol. The van der Waals surface area contributed by atoms with E-state index in [1.54, 1.807) is 60.7 Å². The number of hydrogen-bond acceptors (Lipinski definition) is 3. The molecule has 0 saturated carbocycles. The van der Waals surface area contributed by atoms with Crippen molar-refractivity contribution in [1.29, 1.82) is 0 Å². The van der Waals surface area contributed by atoms with Crippen molar-refractivity contribution >= 4 is 7.82 Å². The lowest BCUT2D eigenvalue weighted by Crippen LogP contribution is -1.99. The average Bonchev–Trinajstić information content (AvgIpc) is 2.64. The van der Waals surface area contributed by atoms with E-state index in [4.69, 9.17) is 9.05 Å². The summed E-state index contributed by atoms with van der Waals surface area (Å²) in [4.78, 5) is 9.53. The second-order valence-electron chi connectivity index (χ2n) is 5.84. The van der Waals surface area contributed by atoms with Crippen LogP contribution in [0.4, 0.5) is 0 Å². The molecule has 3 rings (SSSR count). The van der Waals surface area contributed by atoms with Crippen molar-refractivity contribution < 1.29 is 18.5 Å². The molecule has 0 heterocycles. The number of hydrogen-bond donors (Lipinski definition) is 1. The van der Waals surface area contributed by atoms with Gasteiger partial charge in [-0.25, -0.2) is 4.57 Å². The molecule has 0 amide bonds. The zero-order chi connectivity index (χ0) is 18.8. The van der Waals surface area contributed by atoms with Crippen LogP contribution in [0.5, 0.6) is 11.5 Å². The van der Waals surface area contributed by atoms with Gasteiger partial charge in [-0.05, 0) is 35.7 Å². The third-order valence-electron chi connectivity index (χ3n) is 3.39. The van der Waals surface area contributed by atoms with Gasteiger partial charge in [-0.15, -0.1) is 0 Å². The van der Waals surface area contributed by atoms with Crippen LogP contribution in [0.3, 0.4) is 0 Å². The number of phosphoric ester groups is 1. The minimum absolute atomic E-state index is 0.286. The first kappa shape index (κ1) is 19.8. The standard InChI is InChI=1S/C12H11O4P.C9H12/c13-17(14,15-11-7-3-1-4-8-11)16-12-9-5-2-6-10-12;1-8(2)9-6-4-3-5-7-9/h1-10H,(H,13,14);3-8H,1-2H3. The van der Waals surface area contributed by atoms with Gasteiger partial charge in [-0.3, -0.25) is 4.89 Å². The fourth-order valence-corrected chi connectivity index (χ4v) is 2.90. The highest BCUT2D eigenvalue weighted by Crippen LogP contribution is 2.44. The molecule has 1 N–H and O–H groups in total. The summed E-state index contributed by atoms with van der Waals surface area (Å²) in [7, 11) is -4.14. The van der Waals surface area contributed by atoms with Crippen molar-refractivity contribution in [3.8, 4) is 11.5 Å². The minimum Gasteiger partial charge on any atom is -0.395 e. The summed E-state index contributed by atoms with van der Waals surface area (Å²) < 4.78 is 21.5. The Hall–Kier alpha value is -2.55. The van der Waals surface area contributed by atoms with E-state index in [-0.39, 0.29) is 11.5 Å². The molecular formula is C21H23O4P. The Balaban J connectivity index is 0.000000228. The lowest BCUT2D eigenvalue weighted by Gasteiger charge is -2.13. The van der Waals surface area contributed by atoms with Crippen molar-refractivity contribution in [1.82, 2.24) is 0 Å². The highest BCUT2D eigenvalue weighted by atomic mass is 31.2. The first-order chi connectivity index (χ1) is 12.5. The van der Waals surface area contributed by atoms with Gasteiger partial charge < -0.3 is 9.05 Å². The van der Waals surface area contributed by atoms with Crippen LogP contribution in [0.25, 0.3) is 0 Å². The molecule has 0 spiro atoms. The summed E-state index contributed by atoms with van der Waals surface area (Å²) >= 11 is 0. The topological polar surface area (TPSA) is 55.8 Å². The van der Waals surface area contributed by atoms with Crippen molar-refractivity contribution in [3.63, 3.8) is 0 Å². The van der Waals surface area contributed by atoms with Gasteiger partial charge in [0.2, 0.25) is 0 Å². The summed E-state index contributed by atoms with van der Waals surface area (Å²) in [6.07, 6.45) is 0. The fourth-order valence-electron chi connectivity index (χ4n) is 2.09. The smallest absolute Gasteiger partial charge is 0.395 e. The van der Waals surface area contributed by atoms with Crippen LogP contribution >= 0.6 is 7.82 Å². The maximum atomic E-state index is 11.7. The monoisotopic (exact) mass is 370 g/mol. The second kappa shape index (κ2) is 9.81. The predicted octanol–water partition coefficient (Wildman–Crippen LogP) is 6.05. The van der Waals surface area contributed by atoms with Gasteiger partial charge in [0.25, 0.3) is 0 Å². The van der Waals surface area contributed by atoms with Gasteiger partial charge in [0, 0.05) is 0 Å². The zero-order valence-corrected chi connectivity index (χ0v) is 15.8. The van der Waals surface area contributed by atoms with Crippen molar-refractivity contribution in [2.45, 2.75) is 19.8 Å². The molecular weight excluding hydrogens is 347 g/mol. The largest absolute Gasteiger partial charge is 0.584 e. The Morgan fingerprint density at radius 3 is 1.35 bits per heavy atom. The first-order valence-electron chi connectivity index (χ1n) is 8.33. The molecule has 0 bridgehead atoms. The molecule has 0 aliphatic heterocycles. The molecule has 0 aliphatic carbocycles. The predicted molar refractivity (Wildman–Crippen MR) is 104 cm³/mol. The Labute approximate surface area is 154 Å². The first-order valence-corrected chi connectivity index (χ1v) is 9.83. The summed E-state index contributed by atoms with van der Waals surface area (Å²) in [5, 5.41) is 0. The van der Waals surface area contributed by atoms with Gasteiger partial charge in [-0.2, -0.15) is 0 Å². The van der Waals surface area contributed by atoms with Crippen LogP contribution in [-0.4, -0.2) is 4.89 Å². The van der Waals surface area contributed by atoms with Gasteiger partial charge in [0.05, 0.1) is 0 Å². The fraction of sp³-hybridized carbons (Fsp3) is 0.143. The Morgan fingerprint density at radius 2 is 1.04 bits per heavy atom. The van der Waals surface area contributed by atoms with E-state index in [0.29, 0.717) is 5.92 Å². The maximum absolute atomic E-state index is 11.7. The molecule has 26 heavy (non-hydrogen) atoms. The van der Waals surface area contributed by atoms with E-state index >= 15 is 0 Å². The van der Waals surface area contributed by atoms with Gasteiger partial charge >= 0.3 is 7.82 Å². The number of phosphoric acid groups is 1. The summed E-state index contributed by atoms with van der Waals surface area (Å²) in [5.41, 5.74) is 1.41. The van der Waals surface area contributed by atoms with Gasteiger partial charge in [0.15, 0.2) is 0 Å². The minimum atomic E-state index is -4.14. The van der Waals surface area contributed by atoms with Gasteiger partial charge in [-0.1, -0.05) is 80.6 Å². The van der Waals surface area contributed by atoms with E-state index < -0.39 is 7.82 Å².